The predicted molar refractivity (Wildman–Crippen MR) is 63.3 cm³/mol. The highest BCUT2D eigenvalue weighted by molar-refractivity contribution is 5.75. The van der Waals surface area contributed by atoms with Crippen LogP contribution in [-0.4, -0.2) is 65.1 Å². The molecule has 0 spiro atoms. The number of carboxylic acid groups (broad SMARTS) is 1. The molecular weight excluding hydrogens is 240 g/mol. The minimum absolute atomic E-state index is 0.00515. The summed E-state index contributed by atoms with van der Waals surface area (Å²) in [4.78, 5) is 23.8. The summed E-state index contributed by atoms with van der Waals surface area (Å²) in [5.41, 5.74) is -0.365. The fourth-order valence-electron chi connectivity index (χ4n) is 1.74. The van der Waals surface area contributed by atoms with Gasteiger partial charge in [0, 0.05) is 19.5 Å². The molecule has 0 bridgehead atoms. The fraction of sp³-hybridized carbons (Fsp3) is 0.818. The topological polar surface area (TPSA) is 99.1 Å². The summed E-state index contributed by atoms with van der Waals surface area (Å²) in [5, 5.41) is 20.1. The number of nitrogens with one attached hydrogen (secondary N) is 1. The van der Waals surface area contributed by atoms with E-state index in [0.29, 0.717) is 19.7 Å². The molecule has 0 aromatic heterocycles. The van der Waals surface area contributed by atoms with Crippen molar-refractivity contribution in [2.24, 2.45) is 0 Å². The number of nitrogens with zero attached hydrogens (tertiary/aromatic N) is 1. The number of aliphatic carboxylic acids is 1. The third kappa shape index (κ3) is 4.50. The van der Waals surface area contributed by atoms with Gasteiger partial charge in [-0.05, 0) is 13.8 Å². The molecule has 7 nitrogen and oxygen atoms in total. The van der Waals surface area contributed by atoms with Crippen molar-refractivity contribution < 1.29 is 24.5 Å². The van der Waals surface area contributed by atoms with Crippen molar-refractivity contribution in [3.05, 3.63) is 0 Å². The highest BCUT2D eigenvalue weighted by Crippen LogP contribution is 2.16. The number of aliphatic hydroxyl groups is 1. The Morgan fingerprint density at radius 3 is 2.72 bits per heavy atom. The molecule has 7 heteroatoms. The van der Waals surface area contributed by atoms with E-state index in [-0.39, 0.29) is 24.6 Å². The van der Waals surface area contributed by atoms with E-state index in [9.17, 15) is 9.59 Å². The van der Waals surface area contributed by atoms with E-state index in [4.69, 9.17) is 14.9 Å². The van der Waals surface area contributed by atoms with Gasteiger partial charge in [-0.25, -0.2) is 9.59 Å². The van der Waals surface area contributed by atoms with Crippen LogP contribution in [0.2, 0.25) is 0 Å². The van der Waals surface area contributed by atoms with Gasteiger partial charge >= 0.3 is 12.0 Å². The second-order valence-electron chi connectivity index (χ2n) is 4.90. The van der Waals surface area contributed by atoms with Crippen LogP contribution in [0.5, 0.6) is 0 Å². The Balaban J connectivity index is 2.30. The summed E-state index contributed by atoms with van der Waals surface area (Å²) in [6, 6.07) is -0.260. The van der Waals surface area contributed by atoms with Gasteiger partial charge in [0.2, 0.25) is 0 Å². The molecule has 1 fully saturated rings. The van der Waals surface area contributed by atoms with Crippen LogP contribution >= 0.6 is 0 Å². The molecule has 2 amide bonds. The lowest BCUT2D eigenvalue weighted by atomic mass is 10.1. The quantitative estimate of drug-likeness (QED) is 0.641. The second-order valence-corrected chi connectivity index (χ2v) is 4.90. The Morgan fingerprint density at radius 2 is 2.17 bits per heavy atom. The van der Waals surface area contributed by atoms with Crippen LogP contribution in [0.1, 0.15) is 20.3 Å². The average molecular weight is 260 g/mol. The zero-order valence-electron chi connectivity index (χ0n) is 10.7. The minimum Gasteiger partial charge on any atom is -0.479 e. The van der Waals surface area contributed by atoms with Crippen LogP contribution in [0, 0.1) is 0 Å². The first-order chi connectivity index (χ1) is 8.32. The predicted octanol–water partition coefficient (Wildman–Crippen LogP) is -0.358. The highest BCUT2D eigenvalue weighted by atomic mass is 16.5. The largest absolute Gasteiger partial charge is 0.479 e. The molecule has 104 valence electrons. The zero-order valence-corrected chi connectivity index (χ0v) is 10.7. The van der Waals surface area contributed by atoms with Crippen LogP contribution in [0.4, 0.5) is 4.79 Å². The van der Waals surface area contributed by atoms with Gasteiger partial charge in [0.1, 0.15) is 0 Å². The van der Waals surface area contributed by atoms with Gasteiger partial charge in [0.25, 0.3) is 0 Å². The van der Waals surface area contributed by atoms with Crippen molar-refractivity contribution in [2.75, 3.05) is 26.2 Å². The smallest absolute Gasteiger partial charge is 0.332 e. The summed E-state index contributed by atoms with van der Waals surface area (Å²) < 4.78 is 5.48. The number of aliphatic hydroxyl groups excluding tert-OH is 1. The number of amides is 2. The zero-order chi connectivity index (χ0) is 13.8. The van der Waals surface area contributed by atoms with E-state index in [1.165, 1.54) is 0 Å². The van der Waals surface area contributed by atoms with Crippen LogP contribution in [0.15, 0.2) is 0 Å². The lowest BCUT2D eigenvalue weighted by Crippen LogP contribution is -2.53. The monoisotopic (exact) mass is 260 g/mol. The highest BCUT2D eigenvalue weighted by Gasteiger charge is 2.29. The molecule has 0 saturated carbocycles. The van der Waals surface area contributed by atoms with E-state index in [0.717, 1.165) is 0 Å². The number of carbonyl (C=O) groups is 2. The normalized spacial score (nSPS) is 20.3. The summed E-state index contributed by atoms with van der Waals surface area (Å²) in [7, 11) is 0. The summed E-state index contributed by atoms with van der Waals surface area (Å²) in [6.07, 6.45) is -1.44. The van der Waals surface area contributed by atoms with E-state index in [1.54, 1.807) is 4.90 Å². The lowest BCUT2D eigenvalue weighted by molar-refractivity contribution is -0.146. The second kappa shape index (κ2) is 6.01. The van der Waals surface area contributed by atoms with E-state index in [2.05, 4.69) is 5.32 Å². The molecule has 3 N–H and O–H groups in total. The Kier molecular flexibility index (Phi) is 4.92. The van der Waals surface area contributed by atoms with Crippen LogP contribution < -0.4 is 5.32 Å². The number of ether oxygens (including phenoxy) is 1. The molecule has 1 saturated heterocycles. The molecule has 1 aliphatic rings. The van der Waals surface area contributed by atoms with Gasteiger partial charge in [-0.1, -0.05) is 0 Å². The number of hydrogen-bond acceptors (Lipinski definition) is 4. The molecular formula is C11H20N2O5. The number of urea groups is 1. The van der Waals surface area contributed by atoms with Gasteiger partial charge in [0.05, 0.1) is 18.8 Å². The number of hydrogen-bond donors (Lipinski definition) is 3. The van der Waals surface area contributed by atoms with Crippen LogP contribution in [-0.2, 0) is 9.53 Å². The standard InChI is InChI=1S/C11H20N2O5/c1-11(2)7-13(5-6-18-11)10(17)12-4-3-8(14)9(15)16/h8,14H,3-7H2,1-2H3,(H,12,17)(H,15,16)/t8-/m0/s1. The molecule has 0 unspecified atom stereocenters. The Morgan fingerprint density at radius 1 is 1.50 bits per heavy atom. The molecule has 1 heterocycles. The Bertz CT molecular complexity index is 319. The molecule has 0 aromatic carbocycles. The third-order valence-electron chi connectivity index (χ3n) is 2.69. The van der Waals surface area contributed by atoms with Crippen molar-refractivity contribution in [1.82, 2.24) is 10.2 Å². The van der Waals surface area contributed by atoms with Gasteiger partial charge in [-0.15, -0.1) is 0 Å². The maximum absolute atomic E-state index is 11.8. The van der Waals surface area contributed by atoms with Crippen molar-refractivity contribution in [3.8, 4) is 0 Å². The van der Waals surface area contributed by atoms with Gasteiger partial charge in [0.15, 0.2) is 6.10 Å². The van der Waals surface area contributed by atoms with E-state index < -0.39 is 12.1 Å². The third-order valence-corrected chi connectivity index (χ3v) is 2.69. The summed E-state index contributed by atoms with van der Waals surface area (Å²) in [6.45, 7) is 5.42. The molecule has 0 radical (unpaired) electrons. The van der Waals surface area contributed by atoms with Crippen molar-refractivity contribution >= 4 is 12.0 Å². The molecule has 1 aliphatic heterocycles. The lowest BCUT2D eigenvalue weighted by Gasteiger charge is -2.38. The Labute approximate surface area is 106 Å². The van der Waals surface area contributed by atoms with Crippen LogP contribution in [0.25, 0.3) is 0 Å². The fourth-order valence-corrected chi connectivity index (χ4v) is 1.74. The minimum atomic E-state index is -1.44. The van der Waals surface area contributed by atoms with Gasteiger partial charge < -0.3 is 25.2 Å². The number of carboxylic acids is 1. The molecule has 0 aromatic rings. The molecule has 1 atom stereocenters. The van der Waals surface area contributed by atoms with E-state index >= 15 is 0 Å². The molecule has 1 rings (SSSR count). The first-order valence-electron chi connectivity index (χ1n) is 5.89. The SMILES string of the molecule is CC1(C)CN(C(=O)NCC[C@H](O)C(=O)O)CCO1. The van der Waals surface area contributed by atoms with Crippen molar-refractivity contribution in [1.29, 1.82) is 0 Å². The number of rotatable bonds is 4. The Hall–Kier alpha value is -1.34. The van der Waals surface area contributed by atoms with Crippen molar-refractivity contribution in [2.45, 2.75) is 32.0 Å². The van der Waals surface area contributed by atoms with Gasteiger partial charge in [-0.2, -0.15) is 0 Å². The van der Waals surface area contributed by atoms with E-state index in [1.807, 2.05) is 13.8 Å². The maximum Gasteiger partial charge on any atom is 0.332 e. The summed E-state index contributed by atoms with van der Waals surface area (Å²) in [5.74, 6) is -1.28. The average Bonchev–Trinajstić information content (AvgIpc) is 2.27. The molecule has 0 aliphatic carbocycles. The number of carbonyl (C=O) groups excluding carboxylic acids is 1. The first kappa shape index (κ1) is 14.7. The first-order valence-corrected chi connectivity index (χ1v) is 5.89. The van der Waals surface area contributed by atoms with Gasteiger partial charge in [-0.3, -0.25) is 0 Å². The van der Waals surface area contributed by atoms with Crippen LogP contribution in [0.3, 0.4) is 0 Å². The van der Waals surface area contributed by atoms with Crippen molar-refractivity contribution in [3.63, 3.8) is 0 Å². The summed E-state index contributed by atoms with van der Waals surface area (Å²) >= 11 is 0. The number of morpholine rings is 1. The maximum atomic E-state index is 11.8. The molecule has 18 heavy (non-hydrogen) atoms.